The molecule has 3 N–H and O–H groups in total. The lowest BCUT2D eigenvalue weighted by atomic mass is 10.1. The van der Waals surface area contributed by atoms with Gasteiger partial charge in [0.05, 0.1) is 37.3 Å². The number of nitrogens with two attached hydrogens (primary N) is 1. The molecule has 0 fully saturated rings. The van der Waals surface area contributed by atoms with Crippen LogP contribution in [0.15, 0.2) is 36.4 Å². The molecule has 0 bridgehead atoms. The van der Waals surface area contributed by atoms with Crippen LogP contribution in [0, 0.1) is 0 Å². The summed E-state index contributed by atoms with van der Waals surface area (Å²) in [6, 6.07) is 10.3. The van der Waals surface area contributed by atoms with Crippen molar-refractivity contribution >= 4 is 33.3 Å². The van der Waals surface area contributed by atoms with E-state index < -0.39 is 16.0 Å². The fourth-order valence-corrected chi connectivity index (χ4v) is 3.07. The second kappa shape index (κ2) is 11.2. The first-order chi connectivity index (χ1) is 14.1. The third kappa shape index (κ3) is 7.40. The Morgan fingerprint density at radius 3 is 1.83 bits per heavy atom. The molecule has 2 aromatic carbocycles. The average molecular weight is 437 g/mol. The van der Waals surface area contributed by atoms with Gasteiger partial charge >= 0.3 is 11.9 Å². The summed E-state index contributed by atoms with van der Waals surface area (Å²) < 4.78 is 33.8. The van der Waals surface area contributed by atoms with Crippen molar-refractivity contribution in [3.8, 4) is 0 Å². The number of hydrogen-bond acceptors (Lipinski definition) is 7. The van der Waals surface area contributed by atoms with Crippen LogP contribution >= 0.6 is 0 Å². The summed E-state index contributed by atoms with van der Waals surface area (Å²) in [4.78, 5) is 22.7. The number of hydrogen-bond donors (Lipinski definition) is 2. The first-order valence-electron chi connectivity index (χ1n) is 9.21. The number of carbonyl (C=O) groups is 2. The van der Waals surface area contributed by atoms with Gasteiger partial charge in [0.2, 0.25) is 10.0 Å². The number of methoxy groups -OCH3 is 2. The van der Waals surface area contributed by atoms with Gasteiger partial charge in [-0.05, 0) is 48.2 Å². The molecule has 164 valence electrons. The van der Waals surface area contributed by atoms with Crippen LogP contribution in [0.5, 0.6) is 0 Å². The maximum Gasteiger partial charge on any atom is 0.340 e. The van der Waals surface area contributed by atoms with Crippen LogP contribution in [0.4, 0.5) is 11.4 Å². The largest absolute Gasteiger partial charge is 0.465 e. The van der Waals surface area contributed by atoms with E-state index in [0.29, 0.717) is 11.3 Å². The van der Waals surface area contributed by atoms with E-state index in [9.17, 15) is 18.0 Å². The Labute approximate surface area is 177 Å². The van der Waals surface area contributed by atoms with E-state index in [2.05, 4.69) is 14.2 Å². The smallest absolute Gasteiger partial charge is 0.340 e. The van der Waals surface area contributed by atoms with Crippen LogP contribution in [-0.4, -0.2) is 40.8 Å². The van der Waals surface area contributed by atoms with Gasteiger partial charge in [0.25, 0.3) is 0 Å². The van der Waals surface area contributed by atoms with Crippen molar-refractivity contribution in [2.75, 3.05) is 30.9 Å². The molecule has 0 saturated heterocycles. The molecule has 0 spiro atoms. The van der Waals surface area contributed by atoms with Crippen molar-refractivity contribution in [3.05, 3.63) is 58.7 Å². The summed E-state index contributed by atoms with van der Waals surface area (Å²) >= 11 is 0. The topological polar surface area (TPSA) is 125 Å². The van der Waals surface area contributed by atoms with E-state index in [1.807, 2.05) is 19.9 Å². The molecule has 9 heteroatoms. The van der Waals surface area contributed by atoms with Gasteiger partial charge in [-0.3, -0.25) is 4.72 Å². The van der Waals surface area contributed by atoms with E-state index in [1.165, 1.54) is 14.2 Å². The highest BCUT2D eigenvalue weighted by Gasteiger charge is 2.15. The zero-order valence-electron chi connectivity index (χ0n) is 17.8. The van der Waals surface area contributed by atoms with Crippen LogP contribution < -0.4 is 10.5 Å². The van der Waals surface area contributed by atoms with Crippen molar-refractivity contribution in [2.24, 2.45) is 0 Å². The number of sulfonamides is 1. The van der Waals surface area contributed by atoms with Crippen molar-refractivity contribution < 1.29 is 27.5 Å². The molecular weight excluding hydrogens is 408 g/mol. The molecule has 0 aliphatic rings. The van der Waals surface area contributed by atoms with Gasteiger partial charge in [-0.1, -0.05) is 26.0 Å². The molecule has 0 aliphatic heterocycles. The quantitative estimate of drug-likeness (QED) is 0.527. The van der Waals surface area contributed by atoms with Crippen LogP contribution in [0.3, 0.4) is 0 Å². The molecular formula is C21H28N2O6S. The fraction of sp³-hybridized carbons (Fsp3) is 0.333. The molecule has 30 heavy (non-hydrogen) atoms. The zero-order valence-corrected chi connectivity index (χ0v) is 18.6. The Morgan fingerprint density at radius 2 is 1.37 bits per heavy atom. The van der Waals surface area contributed by atoms with Crippen LogP contribution in [0.2, 0.25) is 0 Å². The van der Waals surface area contributed by atoms with Gasteiger partial charge in [0.1, 0.15) is 0 Å². The Hall–Kier alpha value is -3.07. The molecule has 0 unspecified atom stereocenters. The lowest BCUT2D eigenvalue weighted by Crippen LogP contribution is -2.14. The Kier molecular flexibility index (Phi) is 9.32. The lowest BCUT2D eigenvalue weighted by molar-refractivity contribution is 0.0593. The minimum Gasteiger partial charge on any atom is -0.465 e. The zero-order chi connectivity index (χ0) is 22.9. The van der Waals surface area contributed by atoms with Crippen molar-refractivity contribution in [1.29, 1.82) is 0 Å². The Morgan fingerprint density at radius 1 is 0.900 bits per heavy atom. The summed E-state index contributed by atoms with van der Waals surface area (Å²) in [5.74, 6) is -0.945. The van der Waals surface area contributed by atoms with Gasteiger partial charge in [-0.15, -0.1) is 0 Å². The third-order valence-corrected chi connectivity index (χ3v) is 4.71. The number of carbonyl (C=O) groups excluding carboxylic acids is 2. The SMILES string of the molecule is CCc1ccc(N)c(C(=O)OC)c1.CCc1ccc(NS(C)(=O)=O)c(C(=O)OC)c1. The summed E-state index contributed by atoms with van der Waals surface area (Å²) in [6.45, 7) is 3.96. The van der Waals surface area contributed by atoms with Gasteiger partial charge < -0.3 is 15.2 Å². The second-order valence-corrected chi connectivity index (χ2v) is 8.11. The summed E-state index contributed by atoms with van der Waals surface area (Å²) in [5.41, 5.74) is 8.99. The van der Waals surface area contributed by atoms with Crippen molar-refractivity contribution in [1.82, 2.24) is 0 Å². The van der Waals surface area contributed by atoms with Crippen molar-refractivity contribution in [2.45, 2.75) is 26.7 Å². The number of benzene rings is 2. The predicted molar refractivity (Wildman–Crippen MR) is 117 cm³/mol. The highest BCUT2D eigenvalue weighted by molar-refractivity contribution is 7.92. The van der Waals surface area contributed by atoms with E-state index in [-0.39, 0.29) is 17.2 Å². The number of esters is 2. The molecule has 0 radical (unpaired) electrons. The van der Waals surface area contributed by atoms with Gasteiger partial charge in [-0.2, -0.15) is 0 Å². The maximum absolute atomic E-state index is 11.5. The number of nitrogens with one attached hydrogen (secondary N) is 1. The molecule has 0 aromatic heterocycles. The highest BCUT2D eigenvalue weighted by atomic mass is 32.2. The fourth-order valence-electron chi connectivity index (χ4n) is 2.49. The number of anilines is 2. The monoisotopic (exact) mass is 436 g/mol. The number of nitrogen functional groups attached to an aromatic ring is 1. The normalized spacial score (nSPS) is 10.4. The van der Waals surface area contributed by atoms with Gasteiger partial charge in [0.15, 0.2) is 0 Å². The molecule has 2 rings (SSSR count). The maximum atomic E-state index is 11.5. The van der Waals surface area contributed by atoms with Crippen molar-refractivity contribution in [3.63, 3.8) is 0 Å². The first kappa shape index (κ1) is 25.0. The summed E-state index contributed by atoms with van der Waals surface area (Å²) in [5, 5.41) is 0. The lowest BCUT2D eigenvalue weighted by Gasteiger charge is -2.10. The van der Waals surface area contributed by atoms with Crippen LogP contribution in [0.1, 0.15) is 45.7 Å². The third-order valence-electron chi connectivity index (χ3n) is 4.12. The van der Waals surface area contributed by atoms with E-state index in [4.69, 9.17) is 5.73 Å². The Balaban J connectivity index is 0.000000311. The number of aryl methyl sites for hydroxylation is 2. The first-order valence-corrected chi connectivity index (χ1v) is 11.1. The summed E-state index contributed by atoms with van der Waals surface area (Å²) in [6.07, 6.45) is 2.66. The molecule has 0 atom stereocenters. The van der Waals surface area contributed by atoms with Gasteiger partial charge in [0, 0.05) is 5.69 Å². The number of ether oxygens (including phenoxy) is 2. The minimum absolute atomic E-state index is 0.220. The minimum atomic E-state index is -3.42. The molecule has 8 nitrogen and oxygen atoms in total. The van der Waals surface area contributed by atoms with Crippen LogP contribution in [0.25, 0.3) is 0 Å². The predicted octanol–water partition coefficient (Wildman–Crippen LogP) is 3.02. The second-order valence-electron chi connectivity index (χ2n) is 6.37. The highest BCUT2D eigenvalue weighted by Crippen LogP contribution is 2.20. The standard InChI is InChI=1S/C11H15NO4S.C10H13NO2/c1-4-8-5-6-10(12-17(3,14)15)9(7-8)11(13)16-2;1-3-7-4-5-9(11)8(6-7)10(12)13-2/h5-7,12H,4H2,1-3H3;4-6H,3,11H2,1-2H3. The summed E-state index contributed by atoms with van der Waals surface area (Å²) in [7, 11) is -0.816. The van der Waals surface area contributed by atoms with E-state index in [1.54, 1.807) is 30.3 Å². The molecule has 2 aromatic rings. The number of rotatable bonds is 6. The Bertz CT molecular complexity index is 1000. The van der Waals surface area contributed by atoms with E-state index >= 15 is 0 Å². The molecule has 0 heterocycles. The average Bonchev–Trinajstić information content (AvgIpc) is 2.72. The van der Waals surface area contributed by atoms with E-state index in [0.717, 1.165) is 30.2 Å². The molecule has 0 amide bonds. The molecule has 0 aliphatic carbocycles. The van der Waals surface area contributed by atoms with Gasteiger partial charge in [-0.25, -0.2) is 18.0 Å². The van der Waals surface area contributed by atoms with Crippen LogP contribution in [-0.2, 0) is 32.3 Å². The molecule has 0 saturated carbocycles.